The minimum Gasteiger partial charge on any atom is -0.363 e. The molecule has 3 rings (SSSR count). The van der Waals surface area contributed by atoms with Crippen LogP contribution in [-0.2, 0) is 9.53 Å². The van der Waals surface area contributed by atoms with E-state index in [1.165, 1.54) is 5.57 Å². The Morgan fingerprint density at radius 3 is 3.15 bits per heavy atom. The van der Waals surface area contributed by atoms with Crippen molar-refractivity contribution in [2.45, 2.75) is 43.8 Å². The summed E-state index contributed by atoms with van der Waals surface area (Å²) in [6, 6.07) is 0. The molecule has 2 heterocycles. The van der Waals surface area contributed by atoms with E-state index in [-0.39, 0.29) is 0 Å². The maximum Gasteiger partial charge on any atom is 0.165 e. The molecule has 13 heavy (non-hydrogen) atoms. The number of hydrogen-bond donors (Lipinski definition) is 0. The van der Waals surface area contributed by atoms with E-state index in [9.17, 15) is 4.79 Å². The van der Waals surface area contributed by atoms with Gasteiger partial charge >= 0.3 is 0 Å². The molecule has 0 N–H and O–H groups in total. The number of hydrogen-bond acceptors (Lipinski definition) is 2. The molecule has 2 nitrogen and oxygen atoms in total. The fraction of sp³-hybridized carbons (Fsp3) is 0.727. The summed E-state index contributed by atoms with van der Waals surface area (Å²) in [6.45, 7) is 4.05. The third-order valence-corrected chi connectivity index (χ3v) is 3.91. The maximum absolute atomic E-state index is 11.8. The number of carbonyl (C=O) groups excluding carboxylic acids is 1. The first-order valence-corrected chi connectivity index (χ1v) is 5.11. The van der Waals surface area contributed by atoms with Gasteiger partial charge in [-0.15, -0.1) is 0 Å². The first-order chi connectivity index (χ1) is 6.22. The van der Waals surface area contributed by atoms with Crippen LogP contribution in [0.2, 0.25) is 0 Å². The van der Waals surface area contributed by atoms with Crippen LogP contribution in [0.25, 0.3) is 0 Å². The Kier molecular flexibility index (Phi) is 1.33. The van der Waals surface area contributed by atoms with Crippen molar-refractivity contribution in [2.24, 2.45) is 5.92 Å². The zero-order valence-corrected chi connectivity index (χ0v) is 7.71. The van der Waals surface area contributed by atoms with Gasteiger partial charge in [-0.1, -0.05) is 12.2 Å². The van der Waals surface area contributed by atoms with Crippen LogP contribution >= 0.6 is 0 Å². The minimum absolute atomic E-state index is 0.338. The van der Waals surface area contributed by atoms with E-state index >= 15 is 0 Å². The molecule has 2 saturated heterocycles. The van der Waals surface area contributed by atoms with Crippen LogP contribution in [0.15, 0.2) is 12.2 Å². The highest BCUT2D eigenvalue weighted by Crippen LogP contribution is 2.54. The first kappa shape index (κ1) is 7.74. The monoisotopic (exact) mass is 178 g/mol. The topological polar surface area (TPSA) is 26.3 Å². The normalized spacial score (nSPS) is 48.3. The molecule has 3 fully saturated rings. The number of carbonyl (C=O) groups is 1. The van der Waals surface area contributed by atoms with Crippen molar-refractivity contribution < 1.29 is 9.53 Å². The van der Waals surface area contributed by atoms with Crippen LogP contribution in [0.1, 0.15) is 32.1 Å². The largest absolute Gasteiger partial charge is 0.363 e. The number of ketones is 1. The van der Waals surface area contributed by atoms with Gasteiger partial charge in [0.15, 0.2) is 5.78 Å². The van der Waals surface area contributed by atoms with E-state index in [1.54, 1.807) is 0 Å². The third-order valence-electron chi connectivity index (χ3n) is 3.91. The van der Waals surface area contributed by atoms with Gasteiger partial charge in [0.1, 0.15) is 5.60 Å². The zero-order valence-electron chi connectivity index (χ0n) is 7.71. The number of Topliss-reactive ketones (excluding diaryl/α,β-unsaturated/α-hetero) is 1. The Bertz CT molecular complexity index is 294. The van der Waals surface area contributed by atoms with Gasteiger partial charge < -0.3 is 4.74 Å². The van der Waals surface area contributed by atoms with Gasteiger partial charge in [-0.05, 0) is 25.7 Å². The average molecular weight is 178 g/mol. The summed E-state index contributed by atoms with van der Waals surface area (Å²) < 4.78 is 5.88. The molecule has 0 radical (unpaired) electrons. The molecule has 1 aliphatic carbocycles. The van der Waals surface area contributed by atoms with Crippen molar-refractivity contribution >= 4 is 5.78 Å². The number of fused-ring (bicyclic) bond motifs is 1. The molecule has 3 aliphatic rings. The van der Waals surface area contributed by atoms with Gasteiger partial charge in [-0.2, -0.15) is 0 Å². The summed E-state index contributed by atoms with van der Waals surface area (Å²) in [7, 11) is 0. The van der Waals surface area contributed by atoms with Crippen LogP contribution in [0.4, 0.5) is 0 Å². The van der Waals surface area contributed by atoms with Crippen LogP contribution in [0.3, 0.4) is 0 Å². The average Bonchev–Trinajstić information content (AvgIpc) is 2.58. The van der Waals surface area contributed by atoms with Crippen LogP contribution < -0.4 is 0 Å². The molecule has 0 aromatic carbocycles. The van der Waals surface area contributed by atoms with E-state index in [4.69, 9.17) is 4.74 Å². The van der Waals surface area contributed by atoms with Crippen molar-refractivity contribution in [3.63, 3.8) is 0 Å². The molecular formula is C11H14O2. The first-order valence-electron chi connectivity index (χ1n) is 5.11. The summed E-state index contributed by atoms with van der Waals surface area (Å²) in [5.41, 5.74) is 0.845. The molecule has 2 bridgehead atoms. The van der Waals surface area contributed by atoms with Gasteiger partial charge in [-0.3, -0.25) is 4.79 Å². The van der Waals surface area contributed by atoms with Gasteiger partial charge in [0.05, 0.1) is 6.10 Å². The van der Waals surface area contributed by atoms with E-state index in [2.05, 4.69) is 6.58 Å². The molecule has 3 unspecified atom stereocenters. The van der Waals surface area contributed by atoms with E-state index in [0.717, 1.165) is 32.1 Å². The third kappa shape index (κ3) is 0.798. The highest BCUT2D eigenvalue weighted by atomic mass is 16.5. The minimum atomic E-state index is -0.403. The Labute approximate surface area is 78.0 Å². The molecule has 1 spiro atoms. The molecular weight excluding hydrogens is 164 g/mol. The van der Waals surface area contributed by atoms with Gasteiger partial charge in [0, 0.05) is 12.3 Å². The molecule has 0 aromatic heterocycles. The second-order valence-electron chi connectivity index (χ2n) is 4.54. The molecule has 0 amide bonds. The highest BCUT2D eigenvalue weighted by molar-refractivity contribution is 5.90. The van der Waals surface area contributed by atoms with Crippen molar-refractivity contribution in [1.82, 2.24) is 0 Å². The summed E-state index contributed by atoms with van der Waals surface area (Å²) in [6.07, 6.45) is 4.94. The predicted molar refractivity (Wildman–Crippen MR) is 48.3 cm³/mol. The summed E-state index contributed by atoms with van der Waals surface area (Å²) in [5, 5.41) is 0. The van der Waals surface area contributed by atoms with Crippen molar-refractivity contribution in [3.8, 4) is 0 Å². The van der Waals surface area contributed by atoms with Crippen molar-refractivity contribution in [2.75, 3.05) is 0 Å². The fourth-order valence-electron chi connectivity index (χ4n) is 3.21. The summed E-state index contributed by atoms with van der Waals surface area (Å²) >= 11 is 0. The maximum atomic E-state index is 11.8. The lowest BCUT2D eigenvalue weighted by Crippen LogP contribution is -2.43. The van der Waals surface area contributed by atoms with Crippen molar-refractivity contribution in [1.29, 1.82) is 0 Å². The number of rotatable bonds is 0. The summed E-state index contributed by atoms with van der Waals surface area (Å²) in [5.74, 6) is 0.692. The fourth-order valence-corrected chi connectivity index (χ4v) is 3.21. The van der Waals surface area contributed by atoms with E-state index < -0.39 is 5.60 Å². The van der Waals surface area contributed by atoms with Gasteiger partial charge in [-0.25, -0.2) is 0 Å². The van der Waals surface area contributed by atoms with Crippen LogP contribution in [0.5, 0.6) is 0 Å². The van der Waals surface area contributed by atoms with Gasteiger partial charge in [0.2, 0.25) is 0 Å². The second kappa shape index (κ2) is 2.24. The second-order valence-corrected chi connectivity index (χ2v) is 4.54. The molecule has 0 aromatic rings. The molecule has 2 aliphatic heterocycles. The highest BCUT2D eigenvalue weighted by Gasteiger charge is 2.59. The zero-order chi connectivity index (χ0) is 9.05. The standard InChI is InChI=1S/C11H14O2/c1-7-4-5-11-9(7)6-8(13-11)2-3-10(11)12/h8-9H,1-6H2. The summed E-state index contributed by atoms with van der Waals surface area (Å²) in [4.78, 5) is 11.8. The molecule has 1 saturated carbocycles. The van der Waals surface area contributed by atoms with Gasteiger partial charge in [0.25, 0.3) is 0 Å². The molecule has 70 valence electrons. The lowest BCUT2D eigenvalue weighted by atomic mass is 9.86. The SMILES string of the molecule is C=C1CCC23OC(CCC2=O)CC13. The van der Waals surface area contributed by atoms with E-state index in [1.807, 2.05) is 0 Å². The smallest absolute Gasteiger partial charge is 0.165 e. The van der Waals surface area contributed by atoms with Crippen molar-refractivity contribution in [3.05, 3.63) is 12.2 Å². The lowest BCUT2D eigenvalue weighted by molar-refractivity contribution is -0.152. The molecule has 2 heteroatoms. The molecule has 3 atom stereocenters. The van der Waals surface area contributed by atoms with Crippen LogP contribution in [0, 0.1) is 5.92 Å². The van der Waals surface area contributed by atoms with E-state index in [0.29, 0.717) is 17.8 Å². The van der Waals surface area contributed by atoms with Crippen LogP contribution in [-0.4, -0.2) is 17.5 Å². The quantitative estimate of drug-likeness (QED) is 0.529. The predicted octanol–water partition coefficient (Wildman–Crippen LogP) is 1.84. The number of ether oxygens (including phenoxy) is 1. The Morgan fingerprint density at radius 1 is 1.46 bits per heavy atom. The Morgan fingerprint density at radius 2 is 2.31 bits per heavy atom. The Hall–Kier alpha value is -0.630. The lowest BCUT2D eigenvalue weighted by Gasteiger charge is -2.31. The Balaban J connectivity index is 2.06.